The van der Waals surface area contributed by atoms with E-state index in [1.165, 1.54) is 6.42 Å². The van der Waals surface area contributed by atoms with Crippen LogP contribution in [-0.4, -0.2) is 46.8 Å². The van der Waals surface area contributed by atoms with Crippen LogP contribution in [0.2, 0.25) is 0 Å². The minimum Gasteiger partial charge on any atom is -0.480 e. The van der Waals surface area contributed by atoms with Crippen molar-refractivity contribution >= 4 is 5.97 Å². The highest BCUT2D eigenvalue weighted by atomic mass is 16.5. The fourth-order valence-corrected chi connectivity index (χ4v) is 2.86. The first kappa shape index (κ1) is 12.8. The Morgan fingerprint density at radius 1 is 1.47 bits per heavy atom. The van der Waals surface area contributed by atoms with Crippen LogP contribution in [0.5, 0.6) is 0 Å². The molecule has 1 aliphatic carbocycles. The molecule has 4 nitrogen and oxygen atoms in total. The van der Waals surface area contributed by atoms with Crippen molar-refractivity contribution in [2.45, 2.75) is 63.1 Å². The van der Waals surface area contributed by atoms with Gasteiger partial charge in [-0.2, -0.15) is 0 Å². The maximum absolute atomic E-state index is 11.3. The molecule has 1 saturated heterocycles. The molecule has 2 rings (SSSR count). The maximum atomic E-state index is 11.3. The van der Waals surface area contributed by atoms with Crippen LogP contribution in [0.3, 0.4) is 0 Å². The highest BCUT2D eigenvalue weighted by Crippen LogP contribution is 2.43. The van der Waals surface area contributed by atoms with Gasteiger partial charge < -0.3 is 9.84 Å². The number of hydrogen-bond acceptors (Lipinski definition) is 3. The van der Waals surface area contributed by atoms with Crippen LogP contribution in [0.15, 0.2) is 0 Å². The Bertz CT molecular complexity index is 310. The standard InChI is InChI=1S/C13H23NO3/c1-12(2,11(15)16)14(3)10-5-8-17-13(9-10)6-4-7-13/h10H,4-9H2,1-3H3,(H,15,16). The molecule has 0 aromatic rings. The zero-order chi connectivity index (χ0) is 12.7. The van der Waals surface area contributed by atoms with Gasteiger partial charge in [0.2, 0.25) is 0 Å². The monoisotopic (exact) mass is 241 g/mol. The van der Waals surface area contributed by atoms with Crippen molar-refractivity contribution in [1.29, 1.82) is 0 Å². The van der Waals surface area contributed by atoms with E-state index in [2.05, 4.69) is 0 Å². The van der Waals surface area contributed by atoms with Crippen LogP contribution in [0.4, 0.5) is 0 Å². The van der Waals surface area contributed by atoms with E-state index >= 15 is 0 Å². The third-order valence-electron chi connectivity index (χ3n) is 4.68. The molecule has 1 N–H and O–H groups in total. The molecule has 2 fully saturated rings. The number of ether oxygens (including phenoxy) is 1. The lowest BCUT2D eigenvalue weighted by Crippen LogP contribution is -2.58. The first-order chi connectivity index (χ1) is 7.87. The van der Waals surface area contributed by atoms with Crippen LogP contribution in [-0.2, 0) is 9.53 Å². The summed E-state index contributed by atoms with van der Waals surface area (Å²) in [5.41, 5.74) is -0.724. The average Bonchev–Trinajstić information content (AvgIpc) is 2.26. The highest BCUT2D eigenvalue weighted by Gasteiger charge is 2.46. The van der Waals surface area contributed by atoms with Gasteiger partial charge in [0.15, 0.2) is 0 Å². The van der Waals surface area contributed by atoms with Gasteiger partial charge in [-0.15, -0.1) is 0 Å². The number of rotatable bonds is 3. The van der Waals surface area contributed by atoms with E-state index in [4.69, 9.17) is 4.74 Å². The lowest BCUT2D eigenvalue weighted by molar-refractivity contribution is -0.166. The van der Waals surface area contributed by atoms with Crippen molar-refractivity contribution in [1.82, 2.24) is 4.90 Å². The van der Waals surface area contributed by atoms with Crippen LogP contribution >= 0.6 is 0 Å². The van der Waals surface area contributed by atoms with Crippen molar-refractivity contribution in [3.8, 4) is 0 Å². The topological polar surface area (TPSA) is 49.8 Å². The molecular formula is C13H23NO3. The van der Waals surface area contributed by atoms with Gasteiger partial charge in [0, 0.05) is 12.6 Å². The number of aliphatic carboxylic acids is 1. The Kier molecular flexibility index (Phi) is 3.21. The summed E-state index contributed by atoms with van der Waals surface area (Å²) >= 11 is 0. The second-order valence-corrected chi connectivity index (χ2v) is 6.01. The zero-order valence-corrected chi connectivity index (χ0v) is 11.0. The van der Waals surface area contributed by atoms with Crippen LogP contribution in [0, 0.1) is 0 Å². The third-order valence-corrected chi connectivity index (χ3v) is 4.68. The second kappa shape index (κ2) is 4.25. The molecular weight excluding hydrogens is 218 g/mol. The van der Waals surface area contributed by atoms with E-state index in [0.29, 0.717) is 6.04 Å². The lowest BCUT2D eigenvalue weighted by atomic mass is 9.73. The Balaban J connectivity index is 2.04. The number of carboxylic acid groups (broad SMARTS) is 1. The molecule has 1 saturated carbocycles. The number of nitrogens with zero attached hydrogens (tertiary/aromatic N) is 1. The summed E-state index contributed by atoms with van der Waals surface area (Å²) in [6.07, 6.45) is 5.46. The maximum Gasteiger partial charge on any atom is 0.323 e. The quantitative estimate of drug-likeness (QED) is 0.819. The largest absolute Gasteiger partial charge is 0.480 e. The van der Waals surface area contributed by atoms with E-state index in [9.17, 15) is 9.90 Å². The summed E-state index contributed by atoms with van der Waals surface area (Å²) in [4.78, 5) is 13.3. The minimum absolute atomic E-state index is 0.0752. The summed E-state index contributed by atoms with van der Waals surface area (Å²) < 4.78 is 5.88. The smallest absolute Gasteiger partial charge is 0.323 e. The van der Waals surface area contributed by atoms with Crippen molar-refractivity contribution in [2.75, 3.05) is 13.7 Å². The zero-order valence-electron chi connectivity index (χ0n) is 11.0. The molecule has 2 aliphatic rings. The third kappa shape index (κ3) is 2.20. The molecule has 0 amide bonds. The first-order valence-corrected chi connectivity index (χ1v) is 6.48. The van der Waals surface area contributed by atoms with Crippen molar-refractivity contribution in [3.05, 3.63) is 0 Å². The number of carboxylic acids is 1. The van der Waals surface area contributed by atoms with Gasteiger partial charge in [-0.05, 0) is 53.0 Å². The van der Waals surface area contributed by atoms with E-state index in [1.54, 1.807) is 13.8 Å². The molecule has 1 spiro atoms. The van der Waals surface area contributed by atoms with Gasteiger partial charge in [-0.25, -0.2) is 0 Å². The van der Waals surface area contributed by atoms with Gasteiger partial charge >= 0.3 is 5.97 Å². The molecule has 1 unspecified atom stereocenters. The molecule has 0 aromatic carbocycles. The number of carbonyl (C=O) groups is 1. The van der Waals surface area contributed by atoms with E-state index in [0.717, 1.165) is 32.3 Å². The molecule has 17 heavy (non-hydrogen) atoms. The summed E-state index contributed by atoms with van der Waals surface area (Å²) in [5.74, 6) is -0.755. The SMILES string of the molecule is CN(C1CCOC2(CCC2)C1)C(C)(C)C(=O)O. The Morgan fingerprint density at radius 3 is 2.59 bits per heavy atom. The Morgan fingerprint density at radius 2 is 2.12 bits per heavy atom. The van der Waals surface area contributed by atoms with E-state index < -0.39 is 11.5 Å². The molecule has 1 aliphatic heterocycles. The fourth-order valence-electron chi connectivity index (χ4n) is 2.86. The normalized spacial score (nSPS) is 28.1. The number of likely N-dealkylation sites (N-methyl/N-ethyl adjacent to an activating group) is 1. The Labute approximate surface area is 103 Å². The molecule has 0 radical (unpaired) electrons. The lowest BCUT2D eigenvalue weighted by Gasteiger charge is -2.51. The van der Waals surface area contributed by atoms with Gasteiger partial charge in [-0.3, -0.25) is 9.69 Å². The van der Waals surface area contributed by atoms with Crippen molar-refractivity contribution in [2.24, 2.45) is 0 Å². The Hall–Kier alpha value is -0.610. The van der Waals surface area contributed by atoms with E-state index in [-0.39, 0.29) is 5.60 Å². The fraction of sp³-hybridized carbons (Fsp3) is 0.923. The molecule has 98 valence electrons. The van der Waals surface area contributed by atoms with Gasteiger partial charge in [0.1, 0.15) is 5.54 Å². The first-order valence-electron chi connectivity index (χ1n) is 6.48. The van der Waals surface area contributed by atoms with Crippen molar-refractivity contribution < 1.29 is 14.6 Å². The number of hydrogen-bond donors (Lipinski definition) is 1. The highest BCUT2D eigenvalue weighted by molar-refractivity contribution is 5.77. The van der Waals surface area contributed by atoms with Gasteiger partial charge in [0.25, 0.3) is 0 Å². The minimum atomic E-state index is -0.799. The predicted molar refractivity (Wildman–Crippen MR) is 65.0 cm³/mol. The van der Waals surface area contributed by atoms with Crippen LogP contribution in [0.1, 0.15) is 46.0 Å². The predicted octanol–water partition coefficient (Wildman–Crippen LogP) is 1.88. The summed E-state index contributed by atoms with van der Waals surface area (Å²) in [6, 6.07) is 0.329. The summed E-state index contributed by atoms with van der Waals surface area (Å²) in [5, 5.41) is 9.27. The molecule has 0 bridgehead atoms. The van der Waals surface area contributed by atoms with Crippen molar-refractivity contribution in [3.63, 3.8) is 0 Å². The second-order valence-electron chi connectivity index (χ2n) is 6.01. The van der Waals surface area contributed by atoms with E-state index in [1.807, 2.05) is 11.9 Å². The molecule has 1 atom stereocenters. The molecule has 1 heterocycles. The molecule has 0 aromatic heterocycles. The van der Waals surface area contributed by atoms with Crippen LogP contribution in [0.25, 0.3) is 0 Å². The molecule has 4 heteroatoms. The van der Waals surface area contributed by atoms with Gasteiger partial charge in [-0.1, -0.05) is 0 Å². The van der Waals surface area contributed by atoms with Gasteiger partial charge in [0.05, 0.1) is 5.60 Å². The summed E-state index contributed by atoms with van der Waals surface area (Å²) in [7, 11) is 1.93. The summed E-state index contributed by atoms with van der Waals surface area (Å²) in [6.45, 7) is 4.32. The van der Waals surface area contributed by atoms with Crippen LogP contribution < -0.4 is 0 Å². The average molecular weight is 241 g/mol.